The van der Waals surface area contributed by atoms with Crippen LogP contribution in [0.4, 0.5) is 0 Å². The smallest absolute Gasteiger partial charge is 0.223 e. The Kier molecular flexibility index (Phi) is 3.95. The second kappa shape index (κ2) is 5.01. The van der Waals surface area contributed by atoms with Crippen LogP contribution in [-0.4, -0.2) is 17.9 Å². The Morgan fingerprint density at radius 1 is 1.47 bits per heavy atom. The summed E-state index contributed by atoms with van der Waals surface area (Å²) < 4.78 is 5.28. The summed E-state index contributed by atoms with van der Waals surface area (Å²) in [4.78, 5) is 13.5. The van der Waals surface area contributed by atoms with E-state index < -0.39 is 0 Å². The Balaban J connectivity index is 2.60. The quantitative estimate of drug-likeness (QED) is 0.764. The molecule has 1 unspecified atom stereocenters. The Labute approximate surface area is 91.1 Å². The Bertz CT molecular complexity index is 303. The third-order valence-electron chi connectivity index (χ3n) is 2.51. The van der Waals surface area contributed by atoms with Crippen molar-refractivity contribution < 1.29 is 9.21 Å². The van der Waals surface area contributed by atoms with Gasteiger partial charge >= 0.3 is 0 Å². The maximum absolute atomic E-state index is 11.8. The third kappa shape index (κ3) is 3.11. The van der Waals surface area contributed by atoms with E-state index in [0.717, 1.165) is 5.76 Å². The Hall–Kier alpha value is -1.25. The van der Waals surface area contributed by atoms with Crippen molar-refractivity contribution >= 4 is 5.91 Å². The van der Waals surface area contributed by atoms with E-state index in [1.54, 1.807) is 11.2 Å². The van der Waals surface area contributed by atoms with E-state index in [0.29, 0.717) is 12.3 Å². The van der Waals surface area contributed by atoms with Gasteiger partial charge in [0.05, 0.1) is 12.3 Å². The largest absolute Gasteiger partial charge is 0.467 e. The zero-order valence-electron chi connectivity index (χ0n) is 9.86. The summed E-state index contributed by atoms with van der Waals surface area (Å²) in [6.07, 6.45) is 2.22. The van der Waals surface area contributed by atoms with Crippen molar-refractivity contribution in [2.75, 3.05) is 7.05 Å². The van der Waals surface area contributed by atoms with Crippen LogP contribution in [0, 0.1) is 5.92 Å². The van der Waals surface area contributed by atoms with Crippen molar-refractivity contribution in [3.05, 3.63) is 24.2 Å². The van der Waals surface area contributed by atoms with E-state index in [-0.39, 0.29) is 11.9 Å². The lowest BCUT2D eigenvalue weighted by atomic mass is 10.1. The third-order valence-corrected chi connectivity index (χ3v) is 2.51. The zero-order chi connectivity index (χ0) is 11.4. The fourth-order valence-corrected chi connectivity index (χ4v) is 1.43. The fraction of sp³-hybridized carbons (Fsp3) is 0.583. The highest BCUT2D eigenvalue weighted by Gasteiger charge is 2.19. The maximum atomic E-state index is 11.8. The highest BCUT2D eigenvalue weighted by molar-refractivity contribution is 5.76. The van der Waals surface area contributed by atoms with Crippen LogP contribution < -0.4 is 0 Å². The molecule has 0 bridgehead atoms. The molecule has 1 atom stereocenters. The number of carbonyl (C=O) groups excluding carboxylic acids is 1. The van der Waals surface area contributed by atoms with E-state index in [4.69, 9.17) is 4.42 Å². The number of nitrogens with zero attached hydrogens (tertiary/aromatic N) is 1. The molecule has 0 radical (unpaired) electrons. The van der Waals surface area contributed by atoms with Crippen molar-refractivity contribution in [3.63, 3.8) is 0 Å². The van der Waals surface area contributed by atoms with Crippen molar-refractivity contribution in [1.82, 2.24) is 4.90 Å². The number of furan rings is 1. The SMILES string of the molecule is CC(C)CC(=O)N(C)C(C)c1ccco1. The molecule has 0 saturated heterocycles. The van der Waals surface area contributed by atoms with Crippen LogP contribution in [-0.2, 0) is 4.79 Å². The monoisotopic (exact) mass is 209 g/mol. The van der Waals surface area contributed by atoms with Gasteiger partial charge in [-0.1, -0.05) is 13.8 Å². The molecule has 3 heteroatoms. The molecule has 84 valence electrons. The van der Waals surface area contributed by atoms with Crippen LogP contribution in [0.15, 0.2) is 22.8 Å². The molecular formula is C12H19NO2. The lowest BCUT2D eigenvalue weighted by Gasteiger charge is -2.24. The van der Waals surface area contributed by atoms with Gasteiger partial charge in [-0.15, -0.1) is 0 Å². The topological polar surface area (TPSA) is 33.5 Å². The van der Waals surface area contributed by atoms with Gasteiger partial charge in [0.1, 0.15) is 5.76 Å². The van der Waals surface area contributed by atoms with Crippen LogP contribution >= 0.6 is 0 Å². The predicted octanol–water partition coefficient (Wildman–Crippen LogP) is 2.85. The summed E-state index contributed by atoms with van der Waals surface area (Å²) in [5.41, 5.74) is 0. The molecule has 1 rings (SSSR count). The first kappa shape index (κ1) is 11.8. The molecule has 0 fully saturated rings. The minimum Gasteiger partial charge on any atom is -0.467 e. The number of hydrogen-bond donors (Lipinski definition) is 0. The van der Waals surface area contributed by atoms with Crippen LogP contribution in [0.2, 0.25) is 0 Å². The molecule has 0 aliphatic rings. The average molecular weight is 209 g/mol. The lowest BCUT2D eigenvalue weighted by Crippen LogP contribution is -2.30. The first-order chi connectivity index (χ1) is 7.02. The second-order valence-corrected chi connectivity index (χ2v) is 4.29. The Morgan fingerprint density at radius 2 is 2.13 bits per heavy atom. The highest BCUT2D eigenvalue weighted by atomic mass is 16.3. The van der Waals surface area contributed by atoms with Crippen molar-refractivity contribution in [1.29, 1.82) is 0 Å². The van der Waals surface area contributed by atoms with Crippen molar-refractivity contribution in [3.8, 4) is 0 Å². The fourth-order valence-electron chi connectivity index (χ4n) is 1.43. The number of hydrogen-bond acceptors (Lipinski definition) is 2. The van der Waals surface area contributed by atoms with E-state index in [9.17, 15) is 4.79 Å². The van der Waals surface area contributed by atoms with Crippen molar-refractivity contribution in [2.24, 2.45) is 5.92 Å². The summed E-state index contributed by atoms with van der Waals surface area (Å²) in [6.45, 7) is 6.06. The van der Waals surface area contributed by atoms with Crippen LogP contribution in [0.25, 0.3) is 0 Å². The summed E-state index contributed by atoms with van der Waals surface area (Å²) in [7, 11) is 1.82. The summed E-state index contributed by atoms with van der Waals surface area (Å²) >= 11 is 0. The molecule has 15 heavy (non-hydrogen) atoms. The van der Waals surface area contributed by atoms with Gasteiger partial charge in [-0.05, 0) is 25.0 Å². The minimum absolute atomic E-state index is 0.00579. The first-order valence-electron chi connectivity index (χ1n) is 5.31. The molecule has 0 aliphatic carbocycles. The van der Waals surface area contributed by atoms with Gasteiger partial charge in [0, 0.05) is 13.5 Å². The van der Waals surface area contributed by atoms with Gasteiger partial charge < -0.3 is 9.32 Å². The van der Waals surface area contributed by atoms with Gasteiger partial charge in [-0.2, -0.15) is 0 Å². The van der Waals surface area contributed by atoms with E-state index >= 15 is 0 Å². The molecule has 0 aromatic carbocycles. The van der Waals surface area contributed by atoms with E-state index in [2.05, 4.69) is 0 Å². The average Bonchev–Trinajstić information content (AvgIpc) is 2.67. The first-order valence-corrected chi connectivity index (χ1v) is 5.31. The summed E-state index contributed by atoms with van der Waals surface area (Å²) in [6, 6.07) is 3.74. The van der Waals surface area contributed by atoms with Gasteiger partial charge in [0.25, 0.3) is 0 Å². The number of rotatable bonds is 4. The molecule has 1 aromatic rings. The maximum Gasteiger partial charge on any atom is 0.223 e. The van der Waals surface area contributed by atoms with Gasteiger partial charge in [-0.3, -0.25) is 4.79 Å². The molecule has 0 N–H and O–H groups in total. The molecule has 1 aromatic heterocycles. The molecule has 1 heterocycles. The van der Waals surface area contributed by atoms with Crippen LogP contribution in [0.5, 0.6) is 0 Å². The standard InChI is InChI=1S/C12H19NO2/c1-9(2)8-12(14)13(4)10(3)11-6-5-7-15-11/h5-7,9-10H,8H2,1-4H3. The molecule has 1 amide bonds. The summed E-state index contributed by atoms with van der Waals surface area (Å²) in [5, 5.41) is 0. The van der Waals surface area contributed by atoms with Gasteiger partial charge in [-0.25, -0.2) is 0 Å². The molecular weight excluding hydrogens is 190 g/mol. The second-order valence-electron chi connectivity index (χ2n) is 4.29. The van der Waals surface area contributed by atoms with Crippen LogP contribution in [0.1, 0.15) is 39.0 Å². The number of amides is 1. The Morgan fingerprint density at radius 3 is 2.60 bits per heavy atom. The van der Waals surface area contributed by atoms with Crippen molar-refractivity contribution in [2.45, 2.75) is 33.2 Å². The van der Waals surface area contributed by atoms with Gasteiger partial charge in [0.15, 0.2) is 0 Å². The normalized spacial score (nSPS) is 12.9. The number of carbonyl (C=O) groups is 1. The van der Waals surface area contributed by atoms with E-state index in [1.165, 1.54) is 0 Å². The summed E-state index contributed by atoms with van der Waals surface area (Å²) in [5.74, 6) is 1.38. The lowest BCUT2D eigenvalue weighted by molar-refractivity contribution is -0.132. The molecule has 0 spiro atoms. The molecule has 0 saturated carbocycles. The molecule has 0 aliphatic heterocycles. The molecule has 3 nitrogen and oxygen atoms in total. The highest BCUT2D eigenvalue weighted by Crippen LogP contribution is 2.20. The van der Waals surface area contributed by atoms with E-state index in [1.807, 2.05) is 40.0 Å². The predicted molar refractivity (Wildman–Crippen MR) is 59.3 cm³/mol. The van der Waals surface area contributed by atoms with Gasteiger partial charge in [0.2, 0.25) is 5.91 Å². The zero-order valence-corrected chi connectivity index (χ0v) is 9.86. The van der Waals surface area contributed by atoms with Crippen LogP contribution in [0.3, 0.4) is 0 Å². The minimum atomic E-state index is 0.00579.